The molecule has 0 radical (unpaired) electrons. The summed E-state index contributed by atoms with van der Waals surface area (Å²) in [5, 5.41) is 7.21. The second-order valence-electron chi connectivity index (χ2n) is 7.72. The summed E-state index contributed by atoms with van der Waals surface area (Å²) in [6.45, 7) is 7.35. The third-order valence-corrected chi connectivity index (χ3v) is 5.70. The van der Waals surface area contributed by atoms with Gasteiger partial charge in [-0.05, 0) is 64.0 Å². The lowest BCUT2D eigenvalue weighted by Gasteiger charge is -2.29. The van der Waals surface area contributed by atoms with Gasteiger partial charge in [-0.2, -0.15) is 0 Å². The molecule has 148 valence electrons. The molecule has 1 aromatic rings. The Kier molecular flexibility index (Phi) is 6.75. The summed E-state index contributed by atoms with van der Waals surface area (Å²) in [4.78, 5) is 16.5. The van der Waals surface area contributed by atoms with Gasteiger partial charge in [0, 0.05) is 24.5 Å². The van der Waals surface area contributed by atoms with Crippen LogP contribution >= 0.6 is 0 Å². The van der Waals surface area contributed by atoms with Crippen LogP contribution in [0.5, 0.6) is 0 Å². The van der Waals surface area contributed by atoms with Crippen molar-refractivity contribution in [2.45, 2.75) is 70.9 Å². The molecule has 2 N–H and O–H groups in total. The van der Waals surface area contributed by atoms with Crippen LogP contribution in [0, 0.1) is 12.8 Å². The van der Waals surface area contributed by atoms with Gasteiger partial charge in [-0.3, -0.25) is 9.79 Å². The minimum absolute atomic E-state index is 0.0319. The number of hydrogen-bond donors (Lipinski definition) is 2. The van der Waals surface area contributed by atoms with Crippen LogP contribution in [-0.4, -0.2) is 37.2 Å². The van der Waals surface area contributed by atoms with Crippen molar-refractivity contribution in [3.63, 3.8) is 0 Å². The lowest BCUT2D eigenvalue weighted by Crippen LogP contribution is -2.46. The average molecular weight is 372 g/mol. The monoisotopic (exact) mass is 371 g/mol. The van der Waals surface area contributed by atoms with Crippen molar-refractivity contribution < 1.29 is 9.53 Å². The number of ether oxygens (including phenoxy) is 1. The van der Waals surface area contributed by atoms with E-state index in [-0.39, 0.29) is 11.9 Å². The van der Waals surface area contributed by atoms with Crippen LogP contribution in [0.3, 0.4) is 0 Å². The molecule has 2 fully saturated rings. The molecule has 3 rings (SSSR count). The molecule has 0 saturated heterocycles. The van der Waals surface area contributed by atoms with Gasteiger partial charge >= 0.3 is 5.97 Å². The highest BCUT2D eigenvalue weighted by Crippen LogP contribution is 2.42. The summed E-state index contributed by atoms with van der Waals surface area (Å²) in [5.74, 6) is 1.53. The first-order chi connectivity index (χ1) is 13.1. The van der Waals surface area contributed by atoms with Crippen molar-refractivity contribution in [2.24, 2.45) is 10.9 Å². The Morgan fingerprint density at radius 2 is 1.89 bits per heavy atom. The Hall–Kier alpha value is -2.04. The highest BCUT2D eigenvalue weighted by atomic mass is 16.5. The van der Waals surface area contributed by atoms with Crippen molar-refractivity contribution in [2.75, 3.05) is 13.2 Å². The fourth-order valence-electron chi connectivity index (χ4n) is 4.09. The van der Waals surface area contributed by atoms with Gasteiger partial charge in [0.1, 0.15) is 0 Å². The highest BCUT2D eigenvalue weighted by Gasteiger charge is 2.40. The maximum atomic E-state index is 11.9. The molecule has 2 saturated carbocycles. The third kappa shape index (κ3) is 5.24. The SMILES string of the molecule is CCN=C(NC1CCC(C(=O)OCC)CC1)NC1CC1c1ccccc1C. The predicted molar refractivity (Wildman–Crippen MR) is 109 cm³/mol. The van der Waals surface area contributed by atoms with Crippen molar-refractivity contribution in [1.82, 2.24) is 10.6 Å². The lowest BCUT2D eigenvalue weighted by molar-refractivity contribution is -0.149. The maximum absolute atomic E-state index is 11.9. The summed E-state index contributed by atoms with van der Waals surface area (Å²) in [5.41, 5.74) is 2.81. The second kappa shape index (κ2) is 9.25. The molecule has 5 heteroatoms. The van der Waals surface area contributed by atoms with Crippen LogP contribution in [0.1, 0.15) is 63.0 Å². The molecule has 2 unspecified atom stereocenters. The van der Waals surface area contributed by atoms with Crippen LogP contribution in [0.4, 0.5) is 0 Å². The molecule has 0 spiro atoms. The summed E-state index contributed by atoms with van der Waals surface area (Å²) in [7, 11) is 0. The summed E-state index contributed by atoms with van der Waals surface area (Å²) in [6.07, 6.45) is 4.92. The van der Waals surface area contributed by atoms with E-state index in [1.54, 1.807) is 0 Å². The quantitative estimate of drug-likeness (QED) is 0.456. The molecule has 0 heterocycles. The number of rotatable bonds is 6. The van der Waals surface area contributed by atoms with Gasteiger partial charge in [-0.15, -0.1) is 0 Å². The van der Waals surface area contributed by atoms with Crippen LogP contribution in [-0.2, 0) is 9.53 Å². The largest absolute Gasteiger partial charge is 0.466 e. The van der Waals surface area contributed by atoms with Gasteiger partial charge in [0.25, 0.3) is 0 Å². The number of carbonyl (C=O) groups is 1. The molecular weight excluding hydrogens is 338 g/mol. The van der Waals surface area contributed by atoms with Gasteiger partial charge in [0.05, 0.1) is 12.5 Å². The van der Waals surface area contributed by atoms with Gasteiger partial charge in [0.15, 0.2) is 5.96 Å². The molecule has 2 aliphatic rings. The van der Waals surface area contributed by atoms with Crippen molar-refractivity contribution in [3.8, 4) is 0 Å². The van der Waals surface area contributed by atoms with Crippen LogP contribution in [0.2, 0.25) is 0 Å². The minimum Gasteiger partial charge on any atom is -0.466 e. The molecule has 0 amide bonds. The molecule has 5 nitrogen and oxygen atoms in total. The van der Waals surface area contributed by atoms with Gasteiger partial charge in [0.2, 0.25) is 0 Å². The van der Waals surface area contributed by atoms with E-state index < -0.39 is 0 Å². The highest BCUT2D eigenvalue weighted by molar-refractivity contribution is 5.81. The zero-order chi connectivity index (χ0) is 19.2. The predicted octanol–water partition coefficient (Wildman–Crippen LogP) is 3.53. The first-order valence-electron chi connectivity index (χ1n) is 10.4. The zero-order valence-corrected chi connectivity index (χ0v) is 16.8. The Labute approximate surface area is 163 Å². The topological polar surface area (TPSA) is 62.7 Å². The summed E-state index contributed by atoms with van der Waals surface area (Å²) in [6, 6.07) is 9.48. The van der Waals surface area contributed by atoms with Crippen molar-refractivity contribution in [3.05, 3.63) is 35.4 Å². The normalized spacial score (nSPS) is 27.7. The van der Waals surface area contributed by atoms with E-state index in [2.05, 4.69) is 53.7 Å². The van der Waals surface area contributed by atoms with Gasteiger partial charge in [-0.1, -0.05) is 24.3 Å². The first-order valence-corrected chi connectivity index (χ1v) is 10.4. The number of esters is 1. The molecule has 0 aliphatic heterocycles. The van der Waals surface area contributed by atoms with E-state index in [1.807, 2.05) is 6.92 Å². The van der Waals surface area contributed by atoms with Crippen LogP contribution < -0.4 is 10.6 Å². The van der Waals surface area contributed by atoms with E-state index in [1.165, 1.54) is 11.1 Å². The zero-order valence-electron chi connectivity index (χ0n) is 16.8. The molecule has 2 aliphatic carbocycles. The third-order valence-electron chi connectivity index (χ3n) is 5.70. The smallest absolute Gasteiger partial charge is 0.308 e. The number of nitrogens with one attached hydrogen (secondary N) is 2. The second-order valence-corrected chi connectivity index (χ2v) is 7.72. The number of aliphatic imine (C=N–C) groups is 1. The Morgan fingerprint density at radius 1 is 1.15 bits per heavy atom. The van der Waals surface area contributed by atoms with E-state index in [0.717, 1.165) is 44.6 Å². The Balaban J connectivity index is 1.49. The number of benzene rings is 1. The summed E-state index contributed by atoms with van der Waals surface area (Å²) < 4.78 is 5.17. The molecule has 0 bridgehead atoms. The molecule has 0 aromatic heterocycles. The first kappa shape index (κ1) is 19.7. The number of carbonyl (C=O) groups excluding carboxylic acids is 1. The number of guanidine groups is 1. The van der Waals surface area contributed by atoms with Crippen molar-refractivity contribution >= 4 is 11.9 Å². The average Bonchev–Trinajstić information content (AvgIpc) is 3.42. The summed E-state index contributed by atoms with van der Waals surface area (Å²) >= 11 is 0. The van der Waals surface area contributed by atoms with Crippen molar-refractivity contribution in [1.29, 1.82) is 0 Å². The van der Waals surface area contributed by atoms with Crippen LogP contribution in [0.15, 0.2) is 29.3 Å². The van der Waals surface area contributed by atoms with Crippen LogP contribution in [0.25, 0.3) is 0 Å². The molecule has 27 heavy (non-hydrogen) atoms. The number of aryl methyl sites for hydroxylation is 1. The fourth-order valence-corrected chi connectivity index (χ4v) is 4.09. The van der Waals surface area contributed by atoms with E-state index in [4.69, 9.17) is 4.74 Å². The molecular formula is C22H33N3O2. The van der Waals surface area contributed by atoms with E-state index in [9.17, 15) is 4.79 Å². The van der Waals surface area contributed by atoms with E-state index >= 15 is 0 Å². The van der Waals surface area contributed by atoms with Gasteiger partial charge < -0.3 is 15.4 Å². The minimum atomic E-state index is -0.0319. The number of nitrogens with zero attached hydrogens (tertiary/aromatic N) is 1. The molecule has 1 aromatic carbocycles. The number of hydrogen-bond acceptors (Lipinski definition) is 3. The van der Waals surface area contributed by atoms with E-state index in [0.29, 0.717) is 24.6 Å². The lowest BCUT2D eigenvalue weighted by atomic mass is 9.86. The van der Waals surface area contributed by atoms with Gasteiger partial charge in [-0.25, -0.2) is 0 Å². The standard InChI is InChI=1S/C22H33N3O2/c1-4-23-22(24-17-12-10-16(11-13-17)21(26)27-5-2)25-20-14-19(20)18-9-7-6-8-15(18)3/h6-9,16-17,19-20H,4-5,10-14H2,1-3H3,(H2,23,24,25). The Morgan fingerprint density at radius 3 is 2.56 bits per heavy atom. The Bertz CT molecular complexity index is 665. The molecule has 2 atom stereocenters. The maximum Gasteiger partial charge on any atom is 0.308 e. The fraction of sp³-hybridized carbons (Fsp3) is 0.636.